The maximum atomic E-state index is 9.72. The number of aryl methyl sites for hydroxylation is 1. The van der Waals surface area contributed by atoms with E-state index in [-0.39, 0.29) is 12.6 Å². The van der Waals surface area contributed by atoms with Gasteiger partial charge in [-0.1, -0.05) is 29.8 Å². The number of hydrogen-bond donors (Lipinski definition) is 3. The number of aliphatic hydroxyl groups excluding tert-OH is 2. The molecule has 0 unspecified atom stereocenters. The van der Waals surface area contributed by atoms with Gasteiger partial charge in [-0.25, -0.2) is 0 Å². The second-order valence-corrected chi connectivity index (χ2v) is 3.60. The summed E-state index contributed by atoms with van der Waals surface area (Å²) in [4.78, 5) is 0. The van der Waals surface area contributed by atoms with Crippen LogP contribution in [0.5, 0.6) is 0 Å². The van der Waals surface area contributed by atoms with Crippen molar-refractivity contribution < 1.29 is 10.2 Å². The van der Waals surface area contributed by atoms with Gasteiger partial charge in [-0.2, -0.15) is 0 Å². The van der Waals surface area contributed by atoms with Crippen LogP contribution < -0.4 is 5.73 Å². The Kier molecular flexibility index (Phi) is 4.07. The van der Waals surface area contributed by atoms with Crippen LogP contribution >= 0.6 is 0 Å². The monoisotopic (exact) mass is 195 g/mol. The predicted octanol–water partition coefficient (Wildman–Crippen LogP) is 0.738. The third-order valence-electron chi connectivity index (χ3n) is 2.22. The van der Waals surface area contributed by atoms with Gasteiger partial charge in [0.2, 0.25) is 0 Å². The van der Waals surface area contributed by atoms with Gasteiger partial charge in [0.25, 0.3) is 0 Å². The smallest absolute Gasteiger partial charge is 0.0805 e. The highest BCUT2D eigenvalue weighted by Gasteiger charge is 2.11. The van der Waals surface area contributed by atoms with Gasteiger partial charge < -0.3 is 15.9 Å². The number of rotatable bonds is 4. The highest BCUT2D eigenvalue weighted by Crippen LogP contribution is 2.17. The zero-order chi connectivity index (χ0) is 10.6. The van der Waals surface area contributed by atoms with Gasteiger partial charge in [-0.15, -0.1) is 0 Å². The van der Waals surface area contributed by atoms with Crippen LogP contribution in [-0.4, -0.2) is 22.9 Å². The Bertz CT molecular complexity index is 271. The first-order valence-corrected chi connectivity index (χ1v) is 4.74. The van der Waals surface area contributed by atoms with E-state index < -0.39 is 6.10 Å². The van der Waals surface area contributed by atoms with Gasteiger partial charge in [-0.3, -0.25) is 0 Å². The summed E-state index contributed by atoms with van der Waals surface area (Å²) in [6.07, 6.45) is -0.197. The average molecular weight is 195 g/mol. The van der Waals surface area contributed by atoms with Gasteiger partial charge in [0.05, 0.1) is 12.7 Å². The molecule has 14 heavy (non-hydrogen) atoms. The Morgan fingerprint density at radius 3 is 2.36 bits per heavy atom. The second kappa shape index (κ2) is 5.10. The van der Waals surface area contributed by atoms with E-state index in [0.29, 0.717) is 6.42 Å². The topological polar surface area (TPSA) is 66.5 Å². The van der Waals surface area contributed by atoms with Crippen LogP contribution in [0.1, 0.15) is 23.7 Å². The molecule has 78 valence electrons. The number of hydrogen-bond acceptors (Lipinski definition) is 3. The van der Waals surface area contributed by atoms with E-state index in [9.17, 15) is 5.11 Å². The normalized spacial score (nSPS) is 15.1. The van der Waals surface area contributed by atoms with E-state index in [4.69, 9.17) is 10.8 Å². The van der Waals surface area contributed by atoms with Crippen molar-refractivity contribution >= 4 is 0 Å². The Balaban J connectivity index is 2.60. The van der Waals surface area contributed by atoms with Crippen LogP contribution in [-0.2, 0) is 0 Å². The summed E-state index contributed by atoms with van der Waals surface area (Å²) in [5.41, 5.74) is 7.54. The lowest BCUT2D eigenvalue weighted by Gasteiger charge is -2.14. The summed E-state index contributed by atoms with van der Waals surface area (Å²) < 4.78 is 0. The highest BCUT2D eigenvalue weighted by atomic mass is 16.3. The first-order valence-electron chi connectivity index (χ1n) is 4.74. The van der Waals surface area contributed by atoms with E-state index in [1.807, 2.05) is 31.2 Å². The van der Waals surface area contributed by atoms with E-state index in [2.05, 4.69) is 0 Å². The molecule has 0 bridgehead atoms. The average Bonchev–Trinajstić information content (AvgIpc) is 2.18. The van der Waals surface area contributed by atoms with Crippen molar-refractivity contribution in [3.05, 3.63) is 35.4 Å². The molecule has 4 N–H and O–H groups in total. The highest BCUT2D eigenvalue weighted by molar-refractivity contribution is 5.23. The van der Waals surface area contributed by atoms with Crippen molar-refractivity contribution in [3.63, 3.8) is 0 Å². The molecule has 0 aliphatic rings. The van der Waals surface area contributed by atoms with Gasteiger partial charge in [0.1, 0.15) is 0 Å². The zero-order valence-electron chi connectivity index (χ0n) is 8.35. The van der Waals surface area contributed by atoms with E-state index in [1.54, 1.807) is 0 Å². The lowest BCUT2D eigenvalue weighted by molar-refractivity contribution is 0.140. The van der Waals surface area contributed by atoms with Gasteiger partial charge in [-0.05, 0) is 18.9 Å². The van der Waals surface area contributed by atoms with Gasteiger partial charge in [0, 0.05) is 6.04 Å². The predicted molar refractivity (Wildman–Crippen MR) is 55.8 cm³/mol. The van der Waals surface area contributed by atoms with Crippen LogP contribution in [0.15, 0.2) is 24.3 Å². The Morgan fingerprint density at radius 2 is 1.86 bits per heavy atom. The Hall–Kier alpha value is -0.900. The standard InChI is InChI=1S/C11H17NO2/c1-8-2-4-9(5-3-8)11(14)6-10(12)7-13/h2-5,10-11,13-14H,6-7,12H2,1H3/t10-,11+/m0/s1. The zero-order valence-corrected chi connectivity index (χ0v) is 8.35. The van der Waals surface area contributed by atoms with Crippen molar-refractivity contribution in [1.82, 2.24) is 0 Å². The van der Waals surface area contributed by atoms with E-state index >= 15 is 0 Å². The molecule has 3 heteroatoms. The summed E-state index contributed by atoms with van der Waals surface area (Å²) >= 11 is 0. The number of aliphatic hydroxyl groups is 2. The summed E-state index contributed by atoms with van der Waals surface area (Å²) in [7, 11) is 0. The van der Waals surface area contributed by atoms with Crippen LogP contribution in [0.25, 0.3) is 0 Å². The van der Waals surface area contributed by atoms with Crippen molar-refractivity contribution in [3.8, 4) is 0 Å². The van der Waals surface area contributed by atoms with Crippen LogP contribution in [0.2, 0.25) is 0 Å². The number of benzene rings is 1. The first-order chi connectivity index (χ1) is 6.63. The summed E-state index contributed by atoms with van der Waals surface area (Å²) in [5.74, 6) is 0. The minimum Gasteiger partial charge on any atom is -0.395 e. The summed E-state index contributed by atoms with van der Waals surface area (Å²) in [5, 5.41) is 18.5. The molecule has 0 radical (unpaired) electrons. The summed E-state index contributed by atoms with van der Waals surface area (Å²) in [6.45, 7) is 1.90. The third-order valence-corrected chi connectivity index (χ3v) is 2.22. The van der Waals surface area contributed by atoms with E-state index in [1.165, 1.54) is 0 Å². The quantitative estimate of drug-likeness (QED) is 0.663. The molecule has 1 rings (SSSR count). The van der Waals surface area contributed by atoms with Crippen LogP contribution in [0.3, 0.4) is 0 Å². The molecule has 0 amide bonds. The first kappa shape index (κ1) is 11.2. The molecule has 1 aromatic rings. The van der Waals surface area contributed by atoms with Crippen molar-refractivity contribution in [1.29, 1.82) is 0 Å². The molecule has 0 aromatic heterocycles. The molecule has 1 aromatic carbocycles. The molecule has 0 spiro atoms. The molecule has 0 saturated heterocycles. The fraction of sp³-hybridized carbons (Fsp3) is 0.455. The molecule has 0 saturated carbocycles. The van der Waals surface area contributed by atoms with Crippen LogP contribution in [0, 0.1) is 6.92 Å². The maximum Gasteiger partial charge on any atom is 0.0805 e. The molecule has 0 aliphatic heterocycles. The number of nitrogens with two attached hydrogens (primary N) is 1. The second-order valence-electron chi connectivity index (χ2n) is 3.60. The molecule has 3 nitrogen and oxygen atoms in total. The largest absolute Gasteiger partial charge is 0.395 e. The van der Waals surface area contributed by atoms with Gasteiger partial charge in [0.15, 0.2) is 0 Å². The van der Waals surface area contributed by atoms with Crippen molar-refractivity contribution in [2.45, 2.75) is 25.5 Å². The maximum absolute atomic E-state index is 9.72. The fourth-order valence-electron chi connectivity index (χ4n) is 1.29. The third kappa shape index (κ3) is 3.10. The van der Waals surface area contributed by atoms with Crippen molar-refractivity contribution in [2.75, 3.05) is 6.61 Å². The van der Waals surface area contributed by atoms with E-state index in [0.717, 1.165) is 11.1 Å². The Labute approximate surface area is 84.2 Å². The molecular formula is C11H17NO2. The fourth-order valence-corrected chi connectivity index (χ4v) is 1.29. The summed E-state index contributed by atoms with van der Waals surface area (Å²) in [6, 6.07) is 7.30. The molecule has 2 atom stereocenters. The SMILES string of the molecule is Cc1ccc([C@H](O)C[C@H](N)CO)cc1. The van der Waals surface area contributed by atoms with Crippen molar-refractivity contribution in [2.24, 2.45) is 5.73 Å². The minimum absolute atomic E-state index is 0.0943. The lowest BCUT2D eigenvalue weighted by Crippen LogP contribution is -2.26. The molecule has 0 heterocycles. The Morgan fingerprint density at radius 1 is 1.29 bits per heavy atom. The molecule has 0 fully saturated rings. The minimum atomic E-state index is -0.585. The van der Waals surface area contributed by atoms with Gasteiger partial charge >= 0.3 is 0 Å². The van der Waals surface area contributed by atoms with Crippen LogP contribution in [0.4, 0.5) is 0 Å². The molecular weight excluding hydrogens is 178 g/mol. The lowest BCUT2D eigenvalue weighted by atomic mass is 10.0. The molecule has 0 aliphatic carbocycles.